The van der Waals surface area contributed by atoms with Gasteiger partial charge in [0.25, 0.3) is 0 Å². The van der Waals surface area contributed by atoms with E-state index in [-0.39, 0.29) is 5.75 Å². The van der Waals surface area contributed by atoms with E-state index in [4.69, 9.17) is 0 Å². The number of sulfone groups is 1. The van der Waals surface area contributed by atoms with Crippen molar-refractivity contribution in [1.82, 2.24) is 0 Å². The van der Waals surface area contributed by atoms with Crippen LogP contribution in [0.4, 0.5) is 5.69 Å². The molecule has 90 valence electrons. The molecular weight excluding hydrogens is 240 g/mol. The van der Waals surface area contributed by atoms with Crippen LogP contribution in [0.2, 0.25) is 0 Å². The summed E-state index contributed by atoms with van der Waals surface area (Å²) >= 11 is 0. The predicted molar refractivity (Wildman–Crippen MR) is 66.2 cm³/mol. The number of hydrogen-bond donors (Lipinski definition) is 0. The molecule has 1 aromatic carbocycles. The molecule has 0 N–H and O–H groups in total. The van der Waals surface area contributed by atoms with Gasteiger partial charge in [0.1, 0.15) is 0 Å². The van der Waals surface area contributed by atoms with Gasteiger partial charge >= 0.3 is 0 Å². The Morgan fingerprint density at radius 3 is 2.41 bits per heavy atom. The van der Waals surface area contributed by atoms with Crippen molar-refractivity contribution in [3.63, 3.8) is 0 Å². The molecule has 6 heteroatoms. The maximum Gasteiger partial charge on any atom is 0.173 e. The molecular formula is C11H12N2O3S. The van der Waals surface area contributed by atoms with Gasteiger partial charge in [0.2, 0.25) is 0 Å². The highest BCUT2D eigenvalue weighted by atomic mass is 32.2. The minimum absolute atomic E-state index is 0.105. The molecule has 1 aromatic rings. The standard InChI is InChI=1S/C11H12N2O3S/c1-9-2-4-10(5-3-9)13(12-14)11-6-7-17(15,16)8-11/h2-7,11H,8H2,1H3. The molecule has 1 atom stereocenters. The molecule has 0 radical (unpaired) electrons. The van der Waals surface area contributed by atoms with Crippen molar-refractivity contribution >= 4 is 15.5 Å². The Hall–Kier alpha value is -1.69. The summed E-state index contributed by atoms with van der Waals surface area (Å²) in [6.45, 7) is 1.93. The van der Waals surface area contributed by atoms with Crippen LogP contribution < -0.4 is 5.01 Å². The van der Waals surface area contributed by atoms with E-state index in [2.05, 4.69) is 5.29 Å². The Bertz CT molecular complexity index is 549. The SMILES string of the molecule is Cc1ccc(N(N=O)C2C=CS(=O)(=O)C2)cc1. The normalized spacial score (nSPS) is 21.4. The van der Waals surface area contributed by atoms with Gasteiger partial charge in [-0.05, 0) is 25.1 Å². The van der Waals surface area contributed by atoms with Crippen molar-refractivity contribution in [1.29, 1.82) is 0 Å². The van der Waals surface area contributed by atoms with Crippen molar-refractivity contribution in [2.75, 3.05) is 10.8 Å². The van der Waals surface area contributed by atoms with Gasteiger partial charge in [0.15, 0.2) is 9.84 Å². The van der Waals surface area contributed by atoms with Gasteiger partial charge in [-0.3, -0.25) is 0 Å². The molecule has 0 saturated heterocycles. The lowest BCUT2D eigenvalue weighted by atomic mass is 10.2. The van der Waals surface area contributed by atoms with Crippen LogP contribution in [0.1, 0.15) is 5.56 Å². The number of nitroso groups, excluding NO2 is 1. The maximum atomic E-state index is 11.3. The lowest BCUT2D eigenvalue weighted by molar-refractivity contribution is 0.602. The van der Waals surface area contributed by atoms with Gasteiger partial charge in [0.05, 0.1) is 22.8 Å². The fourth-order valence-electron chi connectivity index (χ4n) is 1.71. The second-order valence-electron chi connectivity index (χ2n) is 3.99. The average Bonchev–Trinajstić information content (AvgIpc) is 2.63. The van der Waals surface area contributed by atoms with E-state index in [0.717, 1.165) is 11.0 Å². The third kappa shape index (κ3) is 2.52. The summed E-state index contributed by atoms with van der Waals surface area (Å²) < 4.78 is 22.6. The molecule has 1 heterocycles. The molecule has 0 saturated carbocycles. The van der Waals surface area contributed by atoms with Crippen LogP contribution in [-0.4, -0.2) is 20.2 Å². The smallest absolute Gasteiger partial charge is 0.173 e. The van der Waals surface area contributed by atoms with Crippen molar-refractivity contribution < 1.29 is 8.42 Å². The van der Waals surface area contributed by atoms with E-state index in [1.807, 2.05) is 19.1 Å². The molecule has 0 spiro atoms. The average molecular weight is 252 g/mol. The van der Waals surface area contributed by atoms with Crippen LogP contribution >= 0.6 is 0 Å². The zero-order chi connectivity index (χ0) is 12.5. The van der Waals surface area contributed by atoms with Crippen LogP contribution in [0.5, 0.6) is 0 Å². The largest absolute Gasteiger partial charge is 0.224 e. The highest BCUT2D eigenvalue weighted by Gasteiger charge is 2.28. The molecule has 5 nitrogen and oxygen atoms in total. The van der Waals surface area contributed by atoms with Gasteiger partial charge in [-0.25, -0.2) is 13.4 Å². The fraction of sp³-hybridized carbons (Fsp3) is 0.273. The number of rotatable bonds is 3. The first kappa shape index (κ1) is 11.8. The molecule has 0 bridgehead atoms. The quantitative estimate of drug-likeness (QED) is 0.607. The van der Waals surface area contributed by atoms with Crippen molar-refractivity contribution in [3.05, 3.63) is 46.2 Å². The Labute approximate surface area is 99.6 Å². The molecule has 0 aliphatic carbocycles. The van der Waals surface area contributed by atoms with Gasteiger partial charge in [-0.1, -0.05) is 17.7 Å². The molecule has 0 aromatic heterocycles. The minimum atomic E-state index is -3.19. The minimum Gasteiger partial charge on any atom is -0.224 e. The predicted octanol–water partition coefficient (Wildman–Crippen LogP) is 1.79. The molecule has 1 aliphatic heterocycles. The third-order valence-corrected chi connectivity index (χ3v) is 3.99. The first-order valence-electron chi connectivity index (χ1n) is 5.12. The fourth-order valence-corrected chi connectivity index (χ4v) is 2.97. The van der Waals surface area contributed by atoms with E-state index in [1.54, 1.807) is 12.1 Å². The summed E-state index contributed by atoms with van der Waals surface area (Å²) in [5.41, 5.74) is 1.66. The van der Waals surface area contributed by atoms with Crippen LogP contribution in [0.3, 0.4) is 0 Å². The van der Waals surface area contributed by atoms with E-state index in [1.165, 1.54) is 11.1 Å². The Balaban J connectivity index is 2.27. The third-order valence-electron chi connectivity index (χ3n) is 2.61. The molecule has 1 aliphatic rings. The van der Waals surface area contributed by atoms with Gasteiger partial charge in [-0.2, -0.15) is 0 Å². The van der Waals surface area contributed by atoms with Crippen molar-refractivity contribution in [2.45, 2.75) is 13.0 Å². The first-order chi connectivity index (χ1) is 8.02. The van der Waals surface area contributed by atoms with Crippen molar-refractivity contribution in [3.8, 4) is 0 Å². The van der Waals surface area contributed by atoms with Gasteiger partial charge in [0, 0.05) is 5.41 Å². The number of aryl methyl sites for hydroxylation is 1. The Kier molecular flexibility index (Phi) is 2.97. The molecule has 0 fully saturated rings. The first-order valence-corrected chi connectivity index (χ1v) is 6.83. The Morgan fingerprint density at radius 2 is 1.94 bits per heavy atom. The van der Waals surface area contributed by atoms with Crippen LogP contribution in [0.25, 0.3) is 0 Å². The van der Waals surface area contributed by atoms with E-state index >= 15 is 0 Å². The summed E-state index contributed by atoms with van der Waals surface area (Å²) in [5, 5.41) is 5.21. The number of benzene rings is 1. The highest BCUT2D eigenvalue weighted by molar-refractivity contribution is 7.94. The van der Waals surface area contributed by atoms with Crippen molar-refractivity contribution in [2.24, 2.45) is 5.29 Å². The number of nitrogens with zero attached hydrogens (tertiary/aromatic N) is 2. The summed E-state index contributed by atoms with van der Waals surface area (Å²) in [6.07, 6.45) is 1.48. The number of hydrogen-bond acceptors (Lipinski definition) is 4. The van der Waals surface area contributed by atoms with Gasteiger partial charge in [-0.15, -0.1) is 4.91 Å². The molecule has 2 rings (SSSR count). The highest BCUT2D eigenvalue weighted by Crippen LogP contribution is 2.23. The van der Waals surface area contributed by atoms with Crippen LogP contribution in [0, 0.1) is 11.8 Å². The lowest BCUT2D eigenvalue weighted by Gasteiger charge is -2.20. The molecule has 17 heavy (non-hydrogen) atoms. The van der Waals surface area contributed by atoms with E-state index in [9.17, 15) is 13.3 Å². The van der Waals surface area contributed by atoms with Crippen LogP contribution in [0.15, 0.2) is 41.0 Å². The van der Waals surface area contributed by atoms with E-state index < -0.39 is 15.9 Å². The number of anilines is 1. The zero-order valence-electron chi connectivity index (χ0n) is 9.28. The lowest BCUT2D eigenvalue weighted by Crippen LogP contribution is -2.31. The second kappa shape index (κ2) is 4.29. The topological polar surface area (TPSA) is 66.8 Å². The second-order valence-corrected chi connectivity index (χ2v) is 5.92. The Morgan fingerprint density at radius 1 is 1.29 bits per heavy atom. The zero-order valence-corrected chi connectivity index (χ0v) is 10.1. The summed E-state index contributed by atoms with van der Waals surface area (Å²) in [5.74, 6) is -0.105. The summed E-state index contributed by atoms with van der Waals surface area (Å²) in [7, 11) is -3.19. The molecule has 0 amide bonds. The maximum absolute atomic E-state index is 11.3. The molecule has 1 unspecified atom stereocenters. The summed E-state index contributed by atoms with van der Waals surface area (Å²) in [4.78, 5) is 10.8. The monoisotopic (exact) mass is 252 g/mol. The summed E-state index contributed by atoms with van der Waals surface area (Å²) in [6, 6.07) is 6.67. The van der Waals surface area contributed by atoms with E-state index in [0.29, 0.717) is 5.69 Å². The van der Waals surface area contributed by atoms with Crippen LogP contribution in [-0.2, 0) is 9.84 Å². The van der Waals surface area contributed by atoms with Gasteiger partial charge < -0.3 is 0 Å².